The summed E-state index contributed by atoms with van der Waals surface area (Å²) in [5.74, 6) is 1.07. The topological polar surface area (TPSA) is 157 Å². The summed E-state index contributed by atoms with van der Waals surface area (Å²) in [5, 5.41) is 2.83. The lowest BCUT2D eigenvalue weighted by Gasteiger charge is -2.24. The minimum atomic E-state index is -0.289. The van der Waals surface area contributed by atoms with Crippen LogP contribution in [0.4, 0.5) is 0 Å². The van der Waals surface area contributed by atoms with Crippen LogP contribution in [0.15, 0.2) is 70.3 Å². The van der Waals surface area contributed by atoms with Gasteiger partial charge in [-0.1, -0.05) is 93.1 Å². The van der Waals surface area contributed by atoms with Crippen molar-refractivity contribution in [3.05, 3.63) is 92.6 Å². The molecule has 2 heterocycles. The van der Waals surface area contributed by atoms with Crippen LogP contribution < -0.4 is 16.6 Å². The minimum Gasteiger partial charge on any atom is -0.377 e. The van der Waals surface area contributed by atoms with Gasteiger partial charge < -0.3 is 38.7 Å². The molecule has 2 aromatic carbocycles. The molecule has 0 unspecified atom stereocenters. The number of carbonyl (C=O) groups is 1. The maximum Gasteiger partial charge on any atom is 0.332 e. The SMILES string of the molecule is O=C(/C=C/c1ccc(-c2nc3c([nH]2)c(=O)n(CC2CCCCC2)c(=O)n3CC2CCCCC2)cc1)NCCOCCOCCOCCOCCOCCOCc1ccccc1. The number of imidazole rings is 1. The van der Waals surface area contributed by atoms with E-state index in [1.54, 1.807) is 10.6 Å². The summed E-state index contributed by atoms with van der Waals surface area (Å²) in [6, 6.07) is 17.7. The molecule has 2 aliphatic carbocycles. The van der Waals surface area contributed by atoms with Crippen LogP contribution in [0.2, 0.25) is 0 Å². The van der Waals surface area contributed by atoms with Crippen LogP contribution >= 0.6 is 0 Å². The zero-order valence-electron chi connectivity index (χ0n) is 35.7. The van der Waals surface area contributed by atoms with Crippen LogP contribution in [0.5, 0.6) is 0 Å². The number of nitrogens with zero attached hydrogens (tertiary/aromatic N) is 3. The summed E-state index contributed by atoms with van der Waals surface area (Å²) in [6.45, 7) is 7.22. The summed E-state index contributed by atoms with van der Waals surface area (Å²) >= 11 is 0. The van der Waals surface area contributed by atoms with E-state index in [4.69, 9.17) is 33.4 Å². The van der Waals surface area contributed by atoms with Crippen LogP contribution in [0, 0.1) is 11.8 Å². The Kier molecular flexibility index (Phi) is 19.7. The number of rotatable bonds is 27. The van der Waals surface area contributed by atoms with Crippen molar-refractivity contribution in [2.75, 3.05) is 79.2 Å². The summed E-state index contributed by atoms with van der Waals surface area (Å²) in [6.07, 6.45) is 14.6. The van der Waals surface area contributed by atoms with Crippen molar-refractivity contribution in [3.63, 3.8) is 0 Å². The summed E-state index contributed by atoms with van der Waals surface area (Å²) in [5.41, 5.74) is 3.07. The van der Waals surface area contributed by atoms with Gasteiger partial charge in [0.15, 0.2) is 5.65 Å². The van der Waals surface area contributed by atoms with Crippen LogP contribution in [0.3, 0.4) is 0 Å². The van der Waals surface area contributed by atoms with Crippen molar-refractivity contribution >= 4 is 23.1 Å². The summed E-state index contributed by atoms with van der Waals surface area (Å²) in [4.78, 5) is 48.3. The van der Waals surface area contributed by atoms with Gasteiger partial charge in [-0.2, -0.15) is 0 Å². The van der Waals surface area contributed by atoms with Gasteiger partial charge in [0.05, 0.1) is 79.3 Å². The number of ether oxygens (including phenoxy) is 6. The monoisotopic (exact) mass is 843 g/mol. The molecule has 2 aliphatic rings. The number of hydrogen-bond donors (Lipinski definition) is 2. The Morgan fingerprint density at radius 1 is 0.656 bits per heavy atom. The molecule has 6 rings (SSSR count). The predicted octanol–water partition coefficient (Wildman–Crippen LogP) is 6.14. The largest absolute Gasteiger partial charge is 0.377 e. The molecule has 2 saturated carbocycles. The van der Waals surface area contributed by atoms with Crippen molar-refractivity contribution < 1.29 is 33.2 Å². The molecular weight excluding hydrogens is 779 g/mol. The predicted molar refractivity (Wildman–Crippen MR) is 235 cm³/mol. The number of nitrogens with one attached hydrogen (secondary N) is 2. The fraction of sp³-hybridized carbons (Fsp3) is 0.574. The Morgan fingerprint density at radius 2 is 1.18 bits per heavy atom. The highest BCUT2D eigenvalue weighted by Gasteiger charge is 2.24. The van der Waals surface area contributed by atoms with Gasteiger partial charge in [0.25, 0.3) is 5.56 Å². The molecule has 0 aliphatic heterocycles. The van der Waals surface area contributed by atoms with Crippen molar-refractivity contribution in [2.24, 2.45) is 11.8 Å². The fourth-order valence-electron chi connectivity index (χ4n) is 7.98. The third kappa shape index (κ3) is 15.5. The molecule has 332 valence electrons. The standard InChI is InChI=1S/C47H65N5O9/c53-42(48-22-23-56-24-25-57-26-27-58-28-29-59-30-31-60-32-33-61-36-40-14-8-3-9-15-40)21-18-37-16-19-41(20-17-37)44-49-43-45(50-44)51(34-38-10-4-1-5-11-38)47(55)52(46(43)54)35-39-12-6-2-7-13-39/h3,8-9,14-21,38-39H,1-2,4-7,10-13,22-36H2,(H,48,53)(H,49,50)/b21-18+. The van der Waals surface area contributed by atoms with Crippen molar-refractivity contribution in [3.8, 4) is 11.4 Å². The fourth-order valence-corrected chi connectivity index (χ4v) is 7.98. The third-order valence-electron chi connectivity index (χ3n) is 11.3. The van der Waals surface area contributed by atoms with E-state index in [-0.39, 0.29) is 17.2 Å². The second-order valence-electron chi connectivity index (χ2n) is 15.9. The first-order chi connectivity index (χ1) is 30.0. The van der Waals surface area contributed by atoms with Gasteiger partial charge in [-0.3, -0.25) is 18.7 Å². The smallest absolute Gasteiger partial charge is 0.332 e. The van der Waals surface area contributed by atoms with Crippen LogP contribution in [0.1, 0.15) is 75.3 Å². The van der Waals surface area contributed by atoms with Gasteiger partial charge in [0.2, 0.25) is 5.91 Å². The molecule has 1 amide bonds. The first-order valence-electron chi connectivity index (χ1n) is 22.3. The molecule has 4 aromatic rings. The van der Waals surface area contributed by atoms with Gasteiger partial charge in [-0.05, 0) is 54.7 Å². The van der Waals surface area contributed by atoms with Crippen LogP contribution in [0.25, 0.3) is 28.6 Å². The lowest BCUT2D eigenvalue weighted by Crippen LogP contribution is -2.42. The number of benzene rings is 2. The lowest BCUT2D eigenvalue weighted by atomic mass is 9.89. The average molecular weight is 844 g/mol. The highest BCUT2D eigenvalue weighted by atomic mass is 16.6. The van der Waals surface area contributed by atoms with Gasteiger partial charge in [0, 0.05) is 31.3 Å². The highest BCUT2D eigenvalue weighted by molar-refractivity contribution is 5.91. The van der Waals surface area contributed by atoms with Gasteiger partial charge in [0.1, 0.15) is 11.3 Å². The average Bonchev–Trinajstić information content (AvgIpc) is 3.75. The molecule has 0 radical (unpaired) electrons. The number of H-pyrrole nitrogens is 1. The number of fused-ring (bicyclic) bond motifs is 1. The van der Waals surface area contributed by atoms with Crippen molar-refractivity contribution in [1.82, 2.24) is 24.4 Å². The molecule has 0 bridgehead atoms. The Labute approximate surface area is 358 Å². The number of amides is 1. The quantitative estimate of drug-likeness (QED) is 0.0528. The van der Waals surface area contributed by atoms with Gasteiger partial charge in [-0.25, -0.2) is 9.78 Å². The Bertz CT molecular complexity index is 2020. The van der Waals surface area contributed by atoms with E-state index in [0.29, 0.717) is 128 Å². The summed E-state index contributed by atoms with van der Waals surface area (Å²) < 4.78 is 36.5. The second kappa shape index (κ2) is 26.1. The molecule has 2 fully saturated rings. The zero-order valence-corrected chi connectivity index (χ0v) is 35.7. The van der Waals surface area contributed by atoms with E-state index in [9.17, 15) is 14.4 Å². The highest BCUT2D eigenvalue weighted by Crippen LogP contribution is 2.27. The molecule has 0 atom stereocenters. The molecule has 61 heavy (non-hydrogen) atoms. The Balaban J connectivity index is 0.827. The second-order valence-corrected chi connectivity index (χ2v) is 15.9. The maximum absolute atomic E-state index is 13.9. The van der Waals surface area contributed by atoms with Gasteiger partial charge >= 0.3 is 5.69 Å². The Hall–Kier alpha value is -4.44. The number of aromatic nitrogens is 4. The van der Waals surface area contributed by atoms with E-state index in [2.05, 4.69) is 10.3 Å². The van der Waals surface area contributed by atoms with E-state index >= 15 is 0 Å². The maximum atomic E-state index is 13.9. The van der Waals surface area contributed by atoms with E-state index in [1.165, 1.54) is 36.3 Å². The first-order valence-corrected chi connectivity index (χ1v) is 22.3. The number of carbonyl (C=O) groups excluding carboxylic acids is 1. The van der Waals surface area contributed by atoms with E-state index in [1.807, 2.05) is 54.6 Å². The van der Waals surface area contributed by atoms with E-state index in [0.717, 1.165) is 55.2 Å². The normalized spacial score (nSPS) is 15.3. The summed E-state index contributed by atoms with van der Waals surface area (Å²) in [7, 11) is 0. The molecule has 14 nitrogen and oxygen atoms in total. The first kappa shape index (κ1) is 46.1. The molecule has 0 spiro atoms. The molecule has 2 aromatic heterocycles. The minimum absolute atomic E-state index is 0.223. The Morgan fingerprint density at radius 3 is 1.75 bits per heavy atom. The molecular formula is C47H65N5O9. The van der Waals surface area contributed by atoms with Gasteiger partial charge in [-0.15, -0.1) is 0 Å². The zero-order chi connectivity index (χ0) is 42.3. The number of hydrogen-bond acceptors (Lipinski definition) is 10. The molecule has 14 heteroatoms. The van der Waals surface area contributed by atoms with Crippen molar-refractivity contribution in [1.29, 1.82) is 0 Å². The van der Waals surface area contributed by atoms with Crippen LogP contribution in [-0.2, 0) is 52.9 Å². The number of aromatic amines is 1. The molecule has 0 saturated heterocycles. The third-order valence-corrected chi connectivity index (χ3v) is 11.3. The lowest BCUT2D eigenvalue weighted by molar-refractivity contribution is -0.116. The van der Waals surface area contributed by atoms with Crippen LogP contribution in [-0.4, -0.2) is 104 Å². The van der Waals surface area contributed by atoms with E-state index < -0.39 is 0 Å². The molecule has 2 N–H and O–H groups in total. The van der Waals surface area contributed by atoms with Crippen molar-refractivity contribution in [2.45, 2.75) is 83.9 Å².